The van der Waals surface area contributed by atoms with E-state index < -0.39 is 0 Å². The summed E-state index contributed by atoms with van der Waals surface area (Å²) < 4.78 is 0. The van der Waals surface area contributed by atoms with Crippen LogP contribution in [0.4, 0.5) is 0 Å². The van der Waals surface area contributed by atoms with E-state index in [9.17, 15) is 4.79 Å². The molecule has 0 radical (unpaired) electrons. The highest BCUT2D eigenvalue weighted by atomic mass is 16.1. The maximum absolute atomic E-state index is 11.2. The Hall–Kier alpha value is -0.410. The number of piperazine rings is 1. The van der Waals surface area contributed by atoms with E-state index >= 15 is 0 Å². The molecule has 1 rings (SSSR count). The van der Waals surface area contributed by atoms with Gasteiger partial charge < -0.3 is 4.90 Å². The molecular weight excluding hydrogens is 332 g/mol. The Morgan fingerprint density at radius 1 is 0.778 bits per heavy atom. The summed E-state index contributed by atoms with van der Waals surface area (Å²) in [7, 11) is 0. The Morgan fingerprint density at radius 3 is 1.56 bits per heavy atom. The van der Waals surface area contributed by atoms with Crippen LogP contribution in [0.1, 0.15) is 102 Å². The summed E-state index contributed by atoms with van der Waals surface area (Å²) in [4.78, 5) is 16.0. The summed E-state index contributed by atoms with van der Waals surface area (Å²) in [6.07, 6.45) is 3.81. The largest absolute Gasteiger partial charge is 0.301 e. The minimum Gasteiger partial charge on any atom is -0.301 e. The number of hydrogen-bond acceptors (Lipinski definition) is 3. The van der Waals surface area contributed by atoms with E-state index in [0.717, 1.165) is 26.2 Å². The van der Waals surface area contributed by atoms with Gasteiger partial charge in [0.1, 0.15) is 5.78 Å². The van der Waals surface area contributed by atoms with Gasteiger partial charge in [-0.1, -0.05) is 82.6 Å². The molecule has 1 aliphatic heterocycles. The van der Waals surface area contributed by atoms with Gasteiger partial charge in [0.05, 0.1) is 6.54 Å². The van der Waals surface area contributed by atoms with Gasteiger partial charge in [0.2, 0.25) is 0 Å². The van der Waals surface area contributed by atoms with E-state index in [2.05, 4.69) is 44.4 Å². The van der Waals surface area contributed by atoms with Crippen LogP contribution in [0, 0.1) is 10.8 Å². The predicted octanol–water partition coefficient (Wildman–Crippen LogP) is 6.51. The molecule has 166 valence electrons. The van der Waals surface area contributed by atoms with Crippen LogP contribution in [0.3, 0.4) is 0 Å². The highest BCUT2D eigenvalue weighted by molar-refractivity contribution is 5.77. The van der Waals surface area contributed by atoms with Gasteiger partial charge in [-0.3, -0.25) is 9.69 Å². The second kappa shape index (κ2) is 17.7. The van der Waals surface area contributed by atoms with Gasteiger partial charge in [0, 0.05) is 26.2 Å². The molecule has 0 amide bonds. The maximum atomic E-state index is 11.2. The highest BCUT2D eigenvalue weighted by Gasteiger charge is 2.28. The van der Waals surface area contributed by atoms with Crippen LogP contribution in [-0.2, 0) is 4.79 Å². The lowest BCUT2D eigenvalue weighted by molar-refractivity contribution is -0.118. The summed E-state index contributed by atoms with van der Waals surface area (Å²) in [5, 5.41) is 0. The summed E-state index contributed by atoms with van der Waals surface area (Å²) >= 11 is 0. The smallest absolute Gasteiger partial charge is 0.143 e. The Morgan fingerprint density at radius 2 is 1.19 bits per heavy atom. The molecule has 1 heterocycles. The Labute approximate surface area is 173 Å². The van der Waals surface area contributed by atoms with Crippen LogP contribution in [0.15, 0.2) is 0 Å². The fraction of sp³-hybridized carbons (Fsp3) is 0.958. The third kappa shape index (κ3) is 17.4. The van der Waals surface area contributed by atoms with Crippen molar-refractivity contribution in [3.8, 4) is 0 Å². The second-order valence-electron chi connectivity index (χ2n) is 8.43. The quantitative estimate of drug-likeness (QED) is 0.475. The first-order chi connectivity index (χ1) is 12.6. The topological polar surface area (TPSA) is 23.6 Å². The molecular formula is C24H54N2O. The van der Waals surface area contributed by atoms with Crippen LogP contribution in [0.25, 0.3) is 0 Å². The lowest BCUT2D eigenvalue weighted by atomic mass is 9.72. The summed E-state index contributed by atoms with van der Waals surface area (Å²) in [5.41, 5.74) is 0.861. The molecule has 0 saturated carbocycles. The van der Waals surface area contributed by atoms with Gasteiger partial charge in [-0.05, 0) is 37.1 Å². The van der Waals surface area contributed by atoms with Crippen molar-refractivity contribution in [2.75, 3.05) is 39.3 Å². The van der Waals surface area contributed by atoms with E-state index in [4.69, 9.17) is 0 Å². The Balaban J connectivity index is -0.000000869. The number of carbonyl (C=O) groups is 1. The molecule has 0 unspecified atom stereocenters. The molecule has 1 saturated heterocycles. The number of rotatable bonds is 8. The summed E-state index contributed by atoms with van der Waals surface area (Å²) in [6, 6.07) is 0. The number of carbonyl (C=O) groups excluding carboxylic acids is 1. The molecule has 0 aliphatic carbocycles. The third-order valence-corrected chi connectivity index (χ3v) is 4.93. The Kier molecular flexibility index (Phi) is 20.5. The zero-order valence-corrected chi connectivity index (χ0v) is 21.2. The average molecular weight is 387 g/mol. The SMILES string of the molecule is CC.CC.CC.CCC(C)(C)CC(C)(C)CCN1CCN(CC(C)=O)CC1. The molecule has 0 aromatic rings. The average Bonchev–Trinajstić information content (AvgIpc) is 2.65. The number of Topliss-reactive ketones (excluding diaryl/α,β-unsaturated/α-hetero) is 1. The molecule has 3 nitrogen and oxygen atoms in total. The monoisotopic (exact) mass is 386 g/mol. The van der Waals surface area contributed by atoms with Gasteiger partial charge in [-0.25, -0.2) is 0 Å². The van der Waals surface area contributed by atoms with Crippen molar-refractivity contribution in [2.45, 2.75) is 102 Å². The second-order valence-corrected chi connectivity index (χ2v) is 8.43. The first-order valence-corrected chi connectivity index (χ1v) is 11.6. The number of ketones is 1. The molecule has 27 heavy (non-hydrogen) atoms. The number of nitrogens with zero attached hydrogens (tertiary/aromatic N) is 2. The molecule has 0 atom stereocenters. The normalized spacial score (nSPS) is 15.4. The van der Waals surface area contributed by atoms with E-state index in [0.29, 0.717) is 17.4 Å². The molecule has 1 fully saturated rings. The first kappa shape index (κ1) is 31.3. The lowest BCUT2D eigenvalue weighted by Crippen LogP contribution is -2.48. The molecule has 0 bridgehead atoms. The van der Waals surface area contributed by atoms with E-state index in [1.165, 1.54) is 25.8 Å². The molecule has 0 aromatic heterocycles. The van der Waals surface area contributed by atoms with Crippen LogP contribution >= 0.6 is 0 Å². The first-order valence-electron chi connectivity index (χ1n) is 11.6. The van der Waals surface area contributed by atoms with Crippen molar-refractivity contribution >= 4 is 5.78 Å². The predicted molar refractivity (Wildman–Crippen MR) is 125 cm³/mol. The molecule has 0 aromatic carbocycles. The molecule has 0 N–H and O–H groups in total. The maximum Gasteiger partial charge on any atom is 0.143 e. The van der Waals surface area contributed by atoms with Crippen molar-refractivity contribution in [3.63, 3.8) is 0 Å². The zero-order valence-electron chi connectivity index (χ0n) is 21.2. The molecule has 3 heteroatoms. The fourth-order valence-corrected chi connectivity index (χ4v) is 3.46. The van der Waals surface area contributed by atoms with Crippen molar-refractivity contribution in [1.29, 1.82) is 0 Å². The van der Waals surface area contributed by atoms with Gasteiger partial charge in [-0.15, -0.1) is 0 Å². The van der Waals surface area contributed by atoms with E-state index in [1.54, 1.807) is 6.92 Å². The third-order valence-electron chi connectivity index (χ3n) is 4.93. The van der Waals surface area contributed by atoms with Crippen LogP contribution in [0.2, 0.25) is 0 Å². The van der Waals surface area contributed by atoms with Crippen LogP contribution in [-0.4, -0.2) is 54.9 Å². The summed E-state index contributed by atoms with van der Waals surface area (Å²) in [6.45, 7) is 31.7. The molecule has 1 aliphatic rings. The lowest BCUT2D eigenvalue weighted by Gasteiger charge is -2.38. The molecule has 0 spiro atoms. The summed E-state index contributed by atoms with van der Waals surface area (Å²) in [5.74, 6) is 0.284. The van der Waals surface area contributed by atoms with Crippen molar-refractivity contribution in [3.05, 3.63) is 0 Å². The standard InChI is InChI=1S/C18H36N2O.3C2H6/c1-7-17(3,4)15-18(5,6)8-9-19-10-12-20(13-11-19)14-16(2)21;3*1-2/h7-15H2,1-6H3;3*1-2H3. The van der Waals surface area contributed by atoms with Gasteiger partial charge in [-0.2, -0.15) is 0 Å². The fourth-order valence-electron chi connectivity index (χ4n) is 3.46. The van der Waals surface area contributed by atoms with Crippen LogP contribution in [0.5, 0.6) is 0 Å². The Bertz CT molecular complexity index is 329. The van der Waals surface area contributed by atoms with Crippen LogP contribution < -0.4 is 0 Å². The van der Waals surface area contributed by atoms with E-state index in [-0.39, 0.29) is 5.78 Å². The van der Waals surface area contributed by atoms with Gasteiger partial charge in [0.25, 0.3) is 0 Å². The van der Waals surface area contributed by atoms with Gasteiger partial charge in [0.15, 0.2) is 0 Å². The minimum atomic E-state index is 0.284. The van der Waals surface area contributed by atoms with Crippen molar-refractivity contribution < 1.29 is 4.79 Å². The van der Waals surface area contributed by atoms with Crippen molar-refractivity contribution in [1.82, 2.24) is 9.80 Å². The number of hydrogen-bond donors (Lipinski definition) is 0. The van der Waals surface area contributed by atoms with Crippen molar-refractivity contribution in [2.24, 2.45) is 10.8 Å². The zero-order chi connectivity index (χ0) is 22.1. The highest BCUT2D eigenvalue weighted by Crippen LogP contribution is 2.38. The minimum absolute atomic E-state index is 0.284. The van der Waals surface area contributed by atoms with E-state index in [1.807, 2.05) is 41.5 Å². The van der Waals surface area contributed by atoms with Gasteiger partial charge >= 0.3 is 0 Å².